The highest BCUT2D eigenvalue weighted by atomic mass is 16.3. The van der Waals surface area contributed by atoms with E-state index in [1.165, 1.54) is 64.2 Å². The van der Waals surface area contributed by atoms with Gasteiger partial charge in [-0.2, -0.15) is 0 Å². The van der Waals surface area contributed by atoms with Gasteiger partial charge in [0.25, 0.3) is 0 Å². The highest BCUT2D eigenvalue weighted by Gasteiger charge is 2.41. The molecule has 2 nitrogen and oxygen atoms in total. The van der Waals surface area contributed by atoms with E-state index >= 15 is 0 Å². The van der Waals surface area contributed by atoms with Gasteiger partial charge < -0.3 is 5.11 Å². The zero-order valence-electron chi connectivity index (χ0n) is 13.0. The van der Waals surface area contributed by atoms with E-state index < -0.39 is 0 Å². The molecule has 2 heteroatoms. The number of hydrogen-bond acceptors (Lipinski definition) is 2. The van der Waals surface area contributed by atoms with E-state index in [-0.39, 0.29) is 6.10 Å². The van der Waals surface area contributed by atoms with E-state index in [0.29, 0.717) is 0 Å². The molecule has 0 aliphatic carbocycles. The van der Waals surface area contributed by atoms with Gasteiger partial charge in [-0.15, -0.1) is 0 Å². The predicted octanol–water partition coefficient (Wildman–Crippen LogP) is 4.11. The number of aliphatic hydroxyl groups is 1. The van der Waals surface area contributed by atoms with Gasteiger partial charge in [0.1, 0.15) is 0 Å². The molecule has 2 saturated heterocycles. The lowest BCUT2D eigenvalue weighted by Gasteiger charge is -2.30. The Morgan fingerprint density at radius 2 is 1.68 bits per heavy atom. The maximum atomic E-state index is 9.27. The first-order valence-electron chi connectivity index (χ1n) is 8.67. The smallest absolute Gasteiger partial charge is 0.0512 e. The van der Waals surface area contributed by atoms with E-state index in [4.69, 9.17) is 0 Å². The van der Waals surface area contributed by atoms with Crippen LogP contribution >= 0.6 is 0 Å². The predicted molar refractivity (Wildman–Crippen MR) is 81.3 cm³/mol. The summed E-state index contributed by atoms with van der Waals surface area (Å²) < 4.78 is 0. The van der Waals surface area contributed by atoms with Crippen LogP contribution in [0.1, 0.15) is 84.5 Å². The van der Waals surface area contributed by atoms with Gasteiger partial charge in [-0.3, -0.25) is 4.90 Å². The third-order valence-corrected chi connectivity index (χ3v) is 5.21. The monoisotopic (exact) mass is 267 g/mol. The zero-order valence-corrected chi connectivity index (χ0v) is 13.0. The molecule has 0 spiro atoms. The molecule has 2 rings (SSSR count). The Bertz CT molecular complexity index is 252. The molecule has 112 valence electrons. The lowest BCUT2D eigenvalue weighted by atomic mass is 10.0. The van der Waals surface area contributed by atoms with Crippen molar-refractivity contribution in [2.75, 3.05) is 0 Å². The van der Waals surface area contributed by atoms with Gasteiger partial charge in [0, 0.05) is 18.1 Å². The first-order valence-corrected chi connectivity index (χ1v) is 8.67. The van der Waals surface area contributed by atoms with Crippen LogP contribution in [0.5, 0.6) is 0 Å². The fourth-order valence-corrected chi connectivity index (χ4v) is 4.32. The molecule has 2 aliphatic rings. The van der Waals surface area contributed by atoms with Crippen LogP contribution in [0.15, 0.2) is 0 Å². The average molecular weight is 267 g/mol. The lowest BCUT2D eigenvalue weighted by Crippen LogP contribution is -2.38. The van der Waals surface area contributed by atoms with Crippen molar-refractivity contribution in [2.24, 2.45) is 0 Å². The number of fused-ring (bicyclic) bond motifs is 1. The third-order valence-electron chi connectivity index (χ3n) is 5.21. The first kappa shape index (κ1) is 15.3. The molecule has 0 bridgehead atoms. The molecule has 2 heterocycles. The fraction of sp³-hybridized carbons (Fsp3) is 1.00. The quantitative estimate of drug-likeness (QED) is 0.669. The van der Waals surface area contributed by atoms with Gasteiger partial charge in [-0.25, -0.2) is 0 Å². The molecule has 0 amide bonds. The van der Waals surface area contributed by atoms with Crippen LogP contribution < -0.4 is 0 Å². The standard InChI is InChI=1S/C17H33NO/c1-3-7-15-10-12-17-13-11-16(18(15)17)9-6-4-5-8-14(2)19/h14-17,19H,3-13H2,1-2H3/t14-,15+,16-,17-/m0/s1. The van der Waals surface area contributed by atoms with Crippen molar-refractivity contribution in [3.8, 4) is 0 Å². The summed E-state index contributed by atoms with van der Waals surface area (Å²) in [6, 6.07) is 2.72. The van der Waals surface area contributed by atoms with Gasteiger partial charge >= 0.3 is 0 Å². The van der Waals surface area contributed by atoms with Gasteiger partial charge in [-0.05, 0) is 51.9 Å². The molecule has 0 saturated carbocycles. The summed E-state index contributed by atoms with van der Waals surface area (Å²) in [5.74, 6) is 0. The summed E-state index contributed by atoms with van der Waals surface area (Å²) in [6.07, 6.45) is 14.7. The highest BCUT2D eigenvalue weighted by molar-refractivity contribution is 4.96. The highest BCUT2D eigenvalue weighted by Crippen LogP contribution is 2.39. The van der Waals surface area contributed by atoms with E-state index in [9.17, 15) is 5.11 Å². The van der Waals surface area contributed by atoms with Crippen molar-refractivity contribution in [1.82, 2.24) is 4.90 Å². The van der Waals surface area contributed by atoms with E-state index in [1.807, 2.05) is 6.92 Å². The molecular weight excluding hydrogens is 234 g/mol. The summed E-state index contributed by atoms with van der Waals surface area (Å²) >= 11 is 0. The molecule has 1 N–H and O–H groups in total. The minimum absolute atomic E-state index is 0.108. The maximum Gasteiger partial charge on any atom is 0.0512 e. The van der Waals surface area contributed by atoms with E-state index in [0.717, 1.165) is 24.5 Å². The lowest BCUT2D eigenvalue weighted by molar-refractivity contribution is 0.160. The van der Waals surface area contributed by atoms with Gasteiger partial charge in [0.2, 0.25) is 0 Å². The van der Waals surface area contributed by atoms with Crippen molar-refractivity contribution in [2.45, 2.75) is 109 Å². The fourth-order valence-electron chi connectivity index (χ4n) is 4.32. The van der Waals surface area contributed by atoms with Crippen LogP contribution in [0.2, 0.25) is 0 Å². The zero-order chi connectivity index (χ0) is 13.7. The minimum Gasteiger partial charge on any atom is -0.393 e. The Kier molecular flexibility index (Phi) is 6.15. The largest absolute Gasteiger partial charge is 0.393 e. The van der Waals surface area contributed by atoms with Crippen molar-refractivity contribution in [3.63, 3.8) is 0 Å². The molecule has 2 aliphatic heterocycles. The minimum atomic E-state index is -0.108. The van der Waals surface area contributed by atoms with Crippen LogP contribution in [0.3, 0.4) is 0 Å². The molecule has 19 heavy (non-hydrogen) atoms. The van der Waals surface area contributed by atoms with Crippen molar-refractivity contribution in [1.29, 1.82) is 0 Å². The van der Waals surface area contributed by atoms with Crippen LogP contribution in [-0.4, -0.2) is 34.2 Å². The van der Waals surface area contributed by atoms with Gasteiger partial charge in [0.05, 0.1) is 6.10 Å². The molecule has 0 radical (unpaired) electrons. The first-order chi connectivity index (χ1) is 9.22. The SMILES string of the molecule is CCC[C@@H]1CC[C@H]2CC[C@H](CCCCC[C@H](C)O)N21. The molecule has 0 aromatic heterocycles. The summed E-state index contributed by atoms with van der Waals surface area (Å²) in [5, 5.41) is 9.27. The second kappa shape index (κ2) is 7.64. The Morgan fingerprint density at radius 1 is 1.00 bits per heavy atom. The molecular formula is C17H33NO. The number of aliphatic hydroxyl groups excluding tert-OH is 1. The summed E-state index contributed by atoms with van der Waals surface area (Å²) in [5.41, 5.74) is 0. The number of unbranched alkanes of at least 4 members (excludes halogenated alkanes) is 2. The average Bonchev–Trinajstić information content (AvgIpc) is 2.93. The van der Waals surface area contributed by atoms with Crippen molar-refractivity contribution >= 4 is 0 Å². The topological polar surface area (TPSA) is 23.5 Å². The van der Waals surface area contributed by atoms with Crippen LogP contribution in [0.25, 0.3) is 0 Å². The summed E-state index contributed by atoms with van der Waals surface area (Å²) in [4.78, 5) is 2.90. The number of rotatable bonds is 8. The summed E-state index contributed by atoms with van der Waals surface area (Å²) in [6.45, 7) is 4.23. The number of nitrogens with zero attached hydrogens (tertiary/aromatic N) is 1. The van der Waals surface area contributed by atoms with Gasteiger partial charge in [0.15, 0.2) is 0 Å². The Balaban J connectivity index is 1.68. The molecule has 2 fully saturated rings. The molecule has 0 aromatic rings. The van der Waals surface area contributed by atoms with Crippen LogP contribution in [-0.2, 0) is 0 Å². The van der Waals surface area contributed by atoms with E-state index in [2.05, 4.69) is 11.8 Å². The van der Waals surface area contributed by atoms with Crippen molar-refractivity contribution in [3.05, 3.63) is 0 Å². The Morgan fingerprint density at radius 3 is 2.32 bits per heavy atom. The second-order valence-corrected chi connectivity index (χ2v) is 6.84. The third kappa shape index (κ3) is 4.19. The van der Waals surface area contributed by atoms with Gasteiger partial charge in [-0.1, -0.05) is 32.6 Å². The van der Waals surface area contributed by atoms with Crippen LogP contribution in [0, 0.1) is 0 Å². The molecule has 0 unspecified atom stereocenters. The second-order valence-electron chi connectivity index (χ2n) is 6.84. The normalized spacial score (nSPS) is 32.7. The Hall–Kier alpha value is -0.0800. The Labute approximate surface area is 119 Å². The maximum absolute atomic E-state index is 9.27. The molecule has 0 aromatic carbocycles. The van der Waals surface area contributed by atoms with Crippen molar-refractivity contribution < 1.29 is 5.11 Å². The van der Waals surface area contributed by atoms with Crippen LogP contribution in [0.4, 0.5) is 0 Å². The van der Waals surface area contributed by atoms with E-state index in [1.54, 1.807) is 0 Å². The number of hydrogen-bond donors (Lipinski definition) is 1. The molecule has 4 atom stereocenters. The summed E-state index contributed by atoms with van der Waals surface area (Å²) in [7, 11) is 0.